The Bertz CT molecular complexity index is 1380. The van der Waals surface area contributed by atoms with E-state index in [0.29, 0.717) is 19.3 Å². The van der Waals surface area contributed by atoms with Gasteiger partial charge in [-0.1, -0.05) is 332 Å². The van der Waals surface area contributed by atoms with E-state index in [1.54, 1.807) is 0 Å². The van der Waals surface area contributed by atoms with E-state index in [-0.39, 0.29) is 31.1 Å². The summed E-state index contributed by atoms with van der Waals surface area (Å²) in [7, 11) is 0. The maximum atomic E-state index is 12.9. The summed E-state index contributed by atoms with van der Waals surface area (Å²) < 4.78 is 17.0. The molecule has 0 rings (SSSR count). The zero-order valence-electron chi connectivity index (χ0n) is 51.5. The van der Waals surface area contributed by atoms with Crippen LogP contribution in [0.3, 0.4) is 0 Å². The van der Waals surface area contributed by atoms with Crippen LogP contribution < -0.4 is 0 Å². The Labute approximate surface area is 479 Å². The zero-order chi connectivity index (χ0) is 55.7. The highest BCUT2D eigenvalue weighted by atomic mass is 16.6. The third kappa shape index (κ3) is 63.8. The van der Waals surface area contributed by atoms with Gasteiger partial charge in [-0.15, -0.1) is 0 Å². The van der Waals surface area contributed by atoms with Gasteiger partial charge in [-0.25, -0.2) is 0 Å². The molecule has 0 heterocycles. The quantitative estimate of drug-likeness (QED) is 0.0261. The molecule has 1 unspecified atom stereocenters. The number of hydrogen-bond acceptors (Lipinski definition) is 6. The van der Waals surface area contributed by atoms with E-state index in [1.165, 1.54) is 218 Å². The lowest BCUT2D eigenvalue weighted by Crippen LogP contribution is -2.30. The second-order valence-electron chi connectivity index (χ2n) is 22.7. The molecule has 6 nitrogen and oxygen atoms in total. The van der Waals surface area contributed by atoms with Gasteiger partial charge < -0.3 is 14.2 Å². The van der Waals surface area contributed by atoms with Gasteiger partial charge in [-0.05, 0) is 64.2 Å². The fourth-order valence-electron chi connectivity index (χ4n) is 10.0. The third-order valence-electron chi connectivity index (χ3n) is 15.0. The molecule has 0 aromatic carbocycles. The number of carbonyl (C=O) groups is 3. The van der Waals surface area contributed by atoms with Crippen LogP contribution in [0.5, 0.6) is 0 Å². The Kier molecular flexibility index (Phi) is 63.2. The minimum Gasteiger partial charge on any atom is -0.462 e. The molecule has 6 heteroatoms. The molecule has 0 fully saturated rings. The summed E-state index contributed by atoms with van der Waals surface area (Å²) in [5, 5.41) is 0. The highest BCUT2D eigenvalue weighted by molar-refractivity contribution is 5.71. The number of carbonyl (C=O) groups excluding carboxylic acids is 3. The second kappa shape index (κ2) is 65.6. The smallest absolute Gasteiger partial charge is 0.306 e. The van der Waals surface area contributed by atoms with E-state index in [9.17, 15) is 14.4 Å². The van der Waals surface area contributed by atoms with Gasteiger partial charge in [-0.3, -0.25) is 14.4 Å². The van der Waals surface area contributed by atoms with Crippen molar-refractivity contribution in [2.75, 3.05) is 13.2 Å². The van der Waals surface area contributed by atoms with Crippen LogP contribution in [-0.4, -0.2) is 37.2 Å². The van der Waals surface area contributed by atoms with Gasteiger partial charge in [0.15, 0.2) is 6.10 Å². The van der Waals surface area contributed by atoms with Crippen LogP contribution in [0.25, 0.3) is 0 Å². The molecule has 0 aromatic heterocycles. The van der Waals surface area contributed by atoms with Crippen molar-refractivity contribution in [2.24, 2.45) is 0 Å². The number of unbranched alkanes of at least 4 members (excludes halogenated alkanes) is 41. The summed E-state index contributed by atoms with van der Waals surface area (Å²) in [4.78, 5) is 38.4. The molecule has 0 aromatic rings. The lowest BCUT2D eigenvalue weighted by molar-refractivity contribution is -0.167. The van der Waals surface area contributed by atoms with Gasteiger partial charge in [0, 0.05) is 19.3 Å². The van der Waals surface area contributed by atoms with Gasteiger partial charge in [0.1, 0.15) is 13.2 Å². The number of allylic oxidation sites excluding steroid dienone is 10. The Morgan fingerprint density at radius 3 is 0.792 bits per heavy atom. The monoisotopic (exact) mass is 1080 g/mol. The summed E-state index contributed by atoms with van der Waals surface area (Å²) in [6.45, 7) is 6.58. The predicted molar refractivity (Wildman–Crippen MR) is 335 cm³/mol. The molecular weight excluding hydrogens is 949 g/mol. The predicted octanol–water partition coefficient (Wildman–Crippen LogP) is 23.1. The molecule has 0 aliphatic carbocycles. The van der Waals surface area contributed by atoms with Crippen LogP contribution in [0.1, 0.15) is 355 Å². The fraction of sp³-hybridized carbons (Fsp3) is 0.817. The fourth-order valence-corrected chi connectivity index (χ4v) is 10.0. The highest BCUT2D eigenvalue weighted by Crippen LogP contribution is 2.18. The van der Waals surface area contributed by atoms with Crippen molar-refractivity contribution in [2.45, 2.75) is 361 Å². The van der Waals surface area contributed by atoms with Crippen molar-refractivity contribution in [3.63, 3.8) is 0 Å². The molecule has 0 spiro atoms. The molecule has 0 amide bonds. The molecule has 0 aliphatic heterocycles. The average molecular weight is 1080 g/mol. The first-order valence-corrected chi connectivity index (χ1v) is 33.8. The SMILES string of the molecule is CC/C=C\C/C=C\C/C=C\C/C=C\C/C=C\CCCCCCCCCC(=O)OCC(COC(=O)CCCCCCCCCCCCCCCCC)OC(=O)CCCCCCCCCCCCCCCCCCCCCCC. The molecule has 0 saturated heterocycles. The minimum absolute atomic E-state index is 0.0724. The highest BCUT2D eigenvalue weighted by Gasteiger charge is 2.19. The van der Waals surface area contributed by atoms with Gasteiger partial charge in [0.05, 0.1) is 0 Å². The largest absolute Gasteiger partial charge is 0.462 e. The Morgan fingerprint density at radius 2 is 0.506 bits per heavy atom. The van der Waals surface area contributed by atoms with E-state index < -0.39 is 6.10 Å². The van der Waals surface area contributed by atoms with Crippen molar-refractivity contribution in [1.82, 2.24) is 0 Å². The van der Waals surface area contributed by atoms with Crippen molar-refractivity contribution in [3.05, 3.63) is 60.8 Å². The second-order valence-corrected chi connectivity index (χ2v) is 22.7. The number of esters is 3. The number of rotatable bonds is 62. The molecule has 77 heavy (non-hydrogen) atoms. The van der Waals surface area contributed by atoms with Crippen LogP contribution in [0, 0.1) is 0 Å². The Morgan fingerprint density at radius 1 is 0.273 bits per heavy atom. The van der Waals surface area contributed by atoms with Gasteiger partial charge in [0.2, 0.25) is 0 Å². The minimum atomic E-state index is -0.777. The van der Waals surface area contributed by atoms with Crippen molar-refractivity contribution in [1.29, 1.82) is 0 Å². The molecule has 0 saturated carbocycles. The molecular formula is C71H128O6. The van der Waals surface area contributed by atoms with Crippen LogP contribution in [0.15, 0.2) is 60.8 Å². The van der Waals surface area contributed by atoms with Crippen LogP contribution in [0.4, 0.5) is 0 Å². The first kappa shape index (κ1) is 74.1. The van der Waals surface area contributed by atoms with Crippen molar-refractivity contribution in [3.8, 4) is 0 Å². The maximum Gasteiger partial charge on any atom is 0.306 e. The zero-order valence-corrected chi connectivity index (χ0v) is 51.5. The molecule has 448 valence electrons. The van der Waals surface area contributed by atoms with E-state index >= 15 is 0 Å². The van der Waals surface area contributed by atoms with Gasteiger partial charge in [-0.2, -0.15) is 0 Å². The summed E-state index contributed by atoms with van der Waals surface area (Å²) in [6, 6.07) is 0. The topological polar surface area (TPSA) is 78.9 Å². The van der Waals surface area contributed by atoms with E-state index in [1.807, 2.05) is 0 Å². The number of hydrogen-bond donors (Lipinski definition) is 0. The van der Waals surface area contributed by atoms with Crippen molar-refractivity contribution < 1.29 is 28.6 Å². The van der Waals surface area contributed by atoms with Gasteiger partial charge >= 0.3 is 17.9 Å². The normalized spacial score (nSPS) is 12.4. The molecule has 0 radical (unpaired) electrons. The first-order chi connectivity index (χ1) is 38.0. The lowest BCUT2D eigenvalue weighted by Gasteiger charge is -2.18. The van der Waals surface area contributed by atoms with Gasteiger partial charge in [0.25, 0.3) is 0 Å². The molecule has 1 atom stereocenters. The summed E-state index contributed by atoms with van der Waals surface area (Å²) in [5.74, 6) is -0.859. The van der Waals surface area contributed by atoms with Crippen LogP contribution in [-0.2, 0) is 28.6 Å². The summed E-state index contributed by atoms with van der Waals surface area (Å²) in [5.41, 5.74) is 0. The lowest BCUT2D eigenvalue weighted by atomic mass is 10.0. The average Bonchev–Trinajstić information content (AvgIpc) is 3.43. The number of ether oxygens (including phenoxy) is 3. The Hall–Kier alpha value is -2.89. The molecule has 0 N–H and O–H groups in total. The van der Waals surface area contributed by atoms with Crippen LogP contribution >= 0.6 is 0 Å². The van der Waals surface area contributed by atoms with Crippen LogP contribution in [0.2, 0.25) is 0 Å². The van der Waals surface area contributed by atoms with E-state index in [2.05, 4.69) is 81.5 Å². The first-order valence-electron chi connectivity index (χ1n) is 33.8. The standard InChI is InChI=1S/C71H128O6/c1-4-7-10-13-16-19-22-25-28-30-32-34-35-37-38-40-43-46-49-52-55-58-61-64-70(73)76-67-68(66-75-69(72)63-60-57-54-51-48-45-42-27-24-21-18-15-12-9-6-3)77-71(74)65-62-59-56-53-50-47-44-41-39-36-33-31-29-26-23-20-17-14-11-8-5-2/h7,10,16,19,25,28,32,34,37-38,68H,4-6,8-9,11-15,17-18,20-24,26-27,29-31,33,35-36,39-67H2,1-3H3/b10-7-,19-16-,28-25-,34-32-,38-37-. The third-order valence-corrected chi connectivity index (χ3v) is 15.0. The van der Waals surface area contributed by atoms with Crippen molar-refractivity contribution >= 4 is 17.9 Å². The summed E-state index contributed by atoms with van der Waals surface area (Å²) in [6.07, 6.45) is 83.7. The molecule has 0 bridgehead atoms. The Balaban J connectivity index is 4.33. The summed E-state index contributed by atoms with van der Waals surface area (Å²) >= 11 is 0. The van der Waals surface area contributed by atoms with E-state index in [0.717, 1.165) is 96.3 Å². The maximum absolute atomic E-state index is 12.9. The van der Waals surface area contributed by atoms with E-state index in [4.69, 9.17) is 14.2 Å². The molecule has 0 aliphatic rings.